The maximum atomic E-state index is 14.2. The van der Waals surface area contributed by atoms with Crippen molar-refractivity contribution in [3.8, 4) is 28.4 Å². The highest BCUT2D eigenvalue weighted by Crippen LogP contribution is 2.34. The Labute approximate surface area is 257 Å². The van der Waals surface area contributed by atoms with Crippen molar-refractivity contribution < 1.29 is 14.3 Å². The third kappa shape index (κ3) is 5.35. The van der Waals surface area contributed by atoms with Gasteiger partial charge in [-0.3, -0.25) is 14.9 Å². The lowest BCUT2D eigenvalue weighted by atomic mass is 9.96. The molecule has 0 spiro atoms. The predicted octanol–water partition coefficient (Wildman–Crippen LogP) is 5.05. The molecule has 45 heavy (non-hydrogen) atoms. The molecule has 226 valence electrons. The normalized spacial score (nSPS) is 12.8. The number of rotatable bonds is 7. The fourth-order valence-corrected chi connectivity index (χ4v) is 5.72. The minimum absolute atomic E-state index is 0.196. The standard InChI is InChI=1S/C33H30FN9O2/c1-3-19-13-29(44)24(34)14-23(19)20-7-8-22-26(12-20)40-41-31(22)32-38-25-9-11-43(18-28(25)39-32)33(45)27-15-37-30(16-36-27)42(2)17-21-6-4-5-10-35-21/h4-8,10,12-16,44H,3,9,11,17-18H2,1-2H3,(H,38,39)(H,40,41). The number of phenolic OH excluding ortho intramolecular Hbond substituents is 1. The third-order valence-corrected chi connectivity index (χ3v) is 8.14. The Kier molecular flexibility index (Phi) is 7.16. The second-order valence-electron chi connectivity index (χ2n) is 11.1. The van der Waals surface area contributed by atoms with Gasteiger partial charge in [0.1, 0.15) is 17.2 Å². The molecule has 5 heterocycles. The summed E-state index contributed by atoms with van der Waals surface area (Å²) in [6.07, 6.45) is 6.11. The number of nitrogens with zero attached hydrogens (tertiary/aromatic N) is 7. The summed E-state index contributed by atoms with van der Waals surface area (Å²) >= 11 is 0. The lowest BCUT2D eigenvalue weighted by Gasteiger charge is -2.26. The maximum Gasteiger partial charge on any atom is 0.274 e. The van der Waals surface area contributed by atoms with Crippen molar-refractivity contribution in [3.63, 3.8) is 0 Å². The number of phenols is 1. The molecule has 1 aliphatic heterocycles. The van der Waals surface area contributed by atoms with E-state index >= 15 is 0 Å². The molecule has 0 saturated carbocycles. The van der Waals surface area contributed by atoms with Crippen LogP contribution >= 0.6 is 0 Å². The van der Waals surface area contributed by atoms with E-state index in [9.17, 15) is 14.3 Å². The van der Waals surface area contributed by atoms with Crippen LogP contribution in [-0.2, 0) is 25.9 Å². The molecular formula is C33H30FN9O2. The molecule has 6 aromatic rings. The highest BCUT2D eigenvalue weighted by Gasteiger charge is 2.27. The first kappa shape index (κ1) is 28.1. The molecule has 2 aromatic carbocycles. The number of aromatic hydroxyl groups is 1. The zero-order valence-corrected chi connectivity index (χ0v) is 24.8. The van der Waals surface area contributed by atoms with Crippen molar-refractivity contribution in [2.45, 2.75) is 32.9 Å². The predicted molar refractivity (Wildman–Crippen MR) is 167 cm³/mol. The highest BCUT2D eigenvalue weighted by atomic mass is 19.1. The Morgan fingerprint density at radius 3 is 2.78 bits per heavy atom. The van der Waals surface area contributed by atoms with Gasteiger partial charge < -0.3 is 19.9 Å². The molecule has 0 unspecified atom stereocenters. The summed E-state index contributed by atoms with van der Waals surface area (Å²) in [5.74, 6) is 0.0513. The first-order valence-corrected chi connectivity index (χ1v) is 14.7. The van der Waals surface area contributed by atoms with Gasteiger partial charge in [0, 0.05) is 31.6 Å². The number of carbonyl (C=O) groups excluding carboxylic acids is 1. The molecule has 12 heteroatoms. The smallest absolute Gasteiger partial charge is 0.274 e. The Morgan fingerprint density at radius 2 is 2.00 bits per heavy atom. The summed E-state index contributed by atoms with van der Waals surface area (Å²) in [5.41, 5.74) is 6.76. The highest BCUT2D eigenvalue weighted by molar-refractivity contribution is 5.94. The molecule has 1 aliphatic rings. The van der Waals surface area contributed by atoms with Crippen molar-refractivity contribution in [1.29, 1.82) is 0 Å². The molecule has 0 radical (unpaired) electrons. The Morgan fingerprint density at radius 1 is 1.11 bits per heavy atom. The third-order valence-electron chi connectivity index (χ3n) is 8.14. The summed E-state index contributed by atoms with van der Waals surface area (Å²) in [4.78, 5) is 38.4. The Hall–Kier alpha value is -5.65. The molecule has 3 N–H and O–H groups in total. The summed E-state index contributed by atoms with van der Waals surface area (Å²) < 4.78 is 14.2. The molecule has 0 fully saturated rings. The number of anilines is 1. The van der Waals surface area contributed by atoms with Crippen molar-refractivity contribution in [2.75, 3.05) is 18.5 Å². The molecule has 11 nitrogen and oxygen atoms in total. The second-order valence-corrected chi connectivity index (χ2v) is 11.1. The number of hydrogen-bond acceptors (Lipinski definition) is 8. The zero-order valence-electron chi connectivity index (χ0n) is 24.8. The number of aryl methyl sites for hydroxylation is 1. The van der Waals surface area contributed by atoms with Gasteiger partial charge >= 0.3 is 0 Å². The largest absolute Gasteiger partial charge is 0.505 e. The minimum Gasteiger partial charge on any atom is -0.505 e. The van der Waals surface area contributed by atoms with Crippen LogP contribution in [0.25, 0.3) is 33.5 Å². The first-order valence-electron chi connectivity index (χ1n) is 14.7. The summed E-state index contributed by atoms with van der Waals surface area (Å²) in [6, 6.07) is 14.4. The minimum atomic E-state index is -0.658. The van der Waals surface area contributed by atoms with Crippen LogP contribution in [0.3, 0.4) is 0 Å². The van der Waals surface area contributed by atoms with Crippen molar-refractivity contribution in [2.24, 2.45) is 0 Å². The number of halogens is 1. The zero-order chi connectivity index (χ0) is 31.1. The van der Waals surface area contributed by atoms with Gasteiger partial charge in [0.2, 0.25) is 0 Å². The van der Waals surface area contributed by atoms with Gasteiger partial charge in [-0.2, -0.15) is 5.10 Å². The van der Waals surface area contributed by atoms with E-state index in [0.717, 1.165) is 44.7 Å². The Bertz CT molecular complexity index is 2020. The number of benzene rings is 2. The van der Waals surface area contributed by atoms with Crippen LogP contribution < -0.4 is 4.90 Å². The van der Waals surface area contributed by atoms with Gasteiger partial charge in [-0.15, -0.1) is 0 Å². The number of hydrogen-bond donors (Lipinski definition) is 3. The van der Waals surface area contributed by atoms with E-state index in [1.54, 1.807) is 17.3 Å². The van der Waals surface area contributed by atoms with E-state index < -0.39 is 5.82 Å². The van der Waals surface area contributed by atoms with E-state index in [0.29, 0.717) is 49.8 Å². The van der Waals surface area contributed by atoms with Gasteiger partial charge in [0.05, 0.1) is 48.1 Å². The average molecular weight is 604 g/mol. The lowest BCUT2D eigenvalue weighted by molar-refractivity contribution is 0.0725. The fourth-order valence-electron chi connectivity index (χ4n) is 5.72. The van der Waals surface area contributed by atoms with Crippen LogP contribution in [0, 0.1) is 5.82 Å². The van der Waals surface area contributed by atoms with Crippen molar-refractivity contribution in [1.82, 2.24) is 40.0 Å². The second kappa shape index (κ2) is 11.5. The molecule has 1 amide bonds. The van der Waals surface area contributed by atoms with Crippen molar-refractivity contribution >= 4 is 22.6 Å². The molecule has 0 bridgehead atoms. The van der Waals surface area contributed by atoms with E-state index in [1.165, 1.54) is 18.3 Å². The molecule has 0 aliphatic carbocycles. The number of H-pyrrole nitrogens is 2. The van der Waals surface area contributed by atoms with Crippen LogP contribution in [0.5, 0.6) is 5.75 Å². The van der Waals surface area contributed by atoms with Crippen LogP contribution in [0.2, 0.25) is 0 Å². The summed E-state index contributed by atoms with van der Waals surface area (Å²) in [5, 5.41) is 18.3. The molecule has 4 aromatic heterocycles. The summed E-state index contributed by atoms with van der Waals surface area (Å²) in [7, 11) is 1.91. The Balaban J connectivity index is 1.07. The molecule has 0 atom stereocenters. The lowest BCUT2D eigenvalue weighted by Crippen LogP contribution is -2.36. The van der Waals surface area contributed by atoms with Crippen LogP contribution in [-0.4, -0.2) is 64.6 Å². The number of aromatic nitrogens is 7. The topological polar surface area (TPSA) is 140 Å². The van der Waals surface area contributed by atoms with Crippen molar-refractivity contribution in [3.05, 3.63) is 101 Å². The summed E-state index contributed by atoms with van der Waals surface area (Å²) in [6.45, 7) is 3.41. The van der Waals surface area contributed by atoms with Crippen LogP contribution in [0.1, 0.15) is 40.1 Å². The first-order chi connectivity index (χ1) is 21.9. The quantitative estimate of drug-likeness (QED) is 0.230. The molecule has 7 rings (SSSR count). The molecule has 0 saturated heterocycles. The van der Waals surface area contributed by atoms with E-state index in [1.807, 2.05) is 55.3 Å². The number of aromatic amines is 2. The van der Waals surface area contributed by atoms with E-state index in [2.05, 4.69) is 30.1 Å². The number of nitrogens with one attached hydrogen (secondary N) is 2. The van der Waals surface area contributed by atoms with Gasteiger partial charge in [-0.05, 0) is 59.5 Å². The number of carbonyl (C=O) groups is 1. The van der Waals surface area contributed by atoms with Gasteiger partial charge in [-0.1, -0.05) is 19.1 Å². The monoisotopic (exact) mass is 603 g/mol. The van der Waals surface area contributed by atoms with E-state index in [-0.39, 0.29) is 17.4 Å². The average Bonchev–Trinajstić information content (AvgIpc) is 3.69. The van der Waals surface area contributed by atoms with Crippen LogP contribution in [0.4, 0.5) is 10.2 Å². The number of imidazole rings is 1. The number of amides is 1. The number of fused-ring (bicyclic) bond motifs is 2. The van der Waals surface area contributed by atoms with Gasteiger partial charge in [0.15, 0.2) is 17.4 Å². The fraction of sp³-hybridized carbons (Fsp3) is 0.212. The van der Waals surface area contributed by atoms with E-state index in [4.69, 9.17) is 4.98 Å². The van der Waals surface area contributed by atoms with Crippen LogP contribution in [0.15, 0.2) is 67.1 Å². The SMILES string of the molecule is CCc1cc(O)c(F)cc1-c1ccc2c(-c3nc4c([nH]3)CN(C(=O)c3cnc(N(C)Cc5ccccn5)cn3)CC4)n[nH]c2c1. The number of pyridine rings is 1. The van der Waals surface area contributed by atoms with Gasteiger partial charge in [0.25, 0.3) is 5.91 Å². The van der Waals surface area contributed by atoms with Gasteiger partial charge in [-0.25, -0.2) is 19.3 Å². The maximum absolute atomic E-state index is 14.2. The molecular weight excluding hydrogens is 573 g/mol.